The molecule has 0 saturated heterocycles. The van der Waals surface area contributed by atoms with Crippen molar-refractivity contribution in [3.63, 3.8) is 0 Å². The maximum absolute atomic E-state index is 12.4. The first-order valence-corrected chi connectivity index (χ1v) is 9.51. The van der Waals surface area contributed by atoms with Crippen molar-refractivity contribution in [1.82, 2.24) is 4.90 Å². The molecule has 1 rings (SSSR count). The van der Waals surface area contributed by atoms with Crippen LogP contribution in [0.3, 0.4) is 0 Å². The van der Waals surface area contributed by atoms with Crippen LogP contribution in [-0.2, 0) is 20.4 Å². The van der Waals surface area contributed by atoms with Crippen LogP contribution in [0.2, 0.25) is 0 Å². The van der Waals surface area contributed by atoms with E-state index in [1.165, 1.54) is 0 Å². The van der Waals surface area contributed by atoms with Crippen LogP contribution in [0.5, 0.6) is 0 Å². The van der Waals surface area contributed by atoms with E-state index in [0.29, 0.717) is 32.3 Å². The number of ether oxygens (including phenoxy) is 1. The van der Waals surface area contributed by atoms with Gasteiger partial charge in [0.25, 0.3) is 0 Å². The molecule has 0 aliphatic heterocycles. The summed E-state index contributed by atoms with van der Waals surface area (Å²) in [6.07, 6.45) is 0.758. The first kappa shape index (κ1) is 19.7. The van der Waals surface area contributed by atoms with Gasteiger partial charge in [-0.25, -0.2) is 4.79 Å². The van der Waals surface area contributed by atoms with E-state index in [2.05, 4.69) is 0 Å². The first-order chi connectivity index (χ1) is 10.8. The highest BCUT2D eigenvalue weighted by Crippen LogP contribution is 2.23. The Hall–Kier alpha value is -1.32. The van der Waals surface area contributed by atoms with Crippen molar-refractivity contribution in [2.24, 2.45) is 0 Å². The van der Waals surface area contributed by atoms with Crippen LogP contribution in [0.15, 0.2) is 30.3 Å². The van der Waals surface area contributed by atoms with Crippen LogP contribution in [0.1, 0.15) is 39.7 Å². The minimum Gasteiger partial charge on any atom is -0.444 e. The second-order valence-corrected chi connectivity index (χ2v) is 7.83. The molecule has 0 aromatic heterocycles. The van der Waals surface area contributed by atoms with E-state index in [-0.39, 0.29) is 6.09 Å². The number of carbonyl (C=O) groups is 1. The molecule has 1 atom stereocenters. The SMILES string of the molecule is CCO[PH](=O)CCCN(Cc1ccccc1)C(=O)OC(C)(C)C. The van der Waals surface area contributed by atoms with Crippen molar-refractivity contribution in [2.75, 3.05) is 19.3 Å². The summed E-state index contributed by atoms with van der Waals surface area (Å²) in [6.45, 7) is 8.79. The van der Waals surface area contributed by atoms with E-state index in [4.69, 9.17) is 9.26 Å². The van der Waals surface area contributed by atoms with Crippen LogP contribution in [0, 0.1) is 0 Å². The Kier molecular flexibility index (Phi) is 8.35. The molecule has 0 heterocycles. The monoisotopic (exact) mass is 341 g/mol. The Morgan fingerprint density at radius 3 is 2.43 bits per heavy atom. The molecule has 130 valence electrons. The highest BCUT2D eigenvalue weighted by atomic mass is 31.1. The van der Waals surface area contributed by atoms with E-state index in [1.807, 2.05) is 58.0 Å². The lowest BCUT2D eigenvalue weighted by Crippen LogP contribution is -2.37. The third-order valence-corrected chi connectivity index (χ3v) is 4.35. The Morgan fingerprint density at radius 1 is 1.22 bits per heavy atom. The van der Waals surface area contributed by atoms with E-state index < -0.39 is 13.6 Å². The number of rotatable bonds is 8. The average molecular weight is 341 g/mol. The third kappa shape index (κ3) is 8.77. The van der Waals surface area contributed by atoms with Gasteiger partial charge in [-0.15, -0.1) is 0 Å². The molecule has 0 spiro atoms. The van der Waals surface area contributed by atoms with Crippen LogP contribution >= 0.6 is 8.03 Å². The van der Waals surface area contributed by atoms with E-state index in [9.17, 15) is 9.36 Å². The molecular weight excluding hydrogens is 313 g/mol. The van der Waals surface area contributed by atoms with Crippen molar-refractivity contribution in [2.45, 2.75) is 46.3 Å². The van der Waals surface area contributed by atoms with Gasteiger partial charge in [-0.3, -0.25) is 4.57 Å². The maximum Gasteiger partial charge on any atom is 0.410 e. The van der Waals surface area contributed by atoms with Gasteiger partial charge in [-0.1, -0.05) is 30.3 Å². The highest BCUT2D eigenvalue weighted by Gasteiger charge is 2.22. The van der Waals surface area contributed by atoms with Crippen LogP contribution < -0.4 is 0 Å². The molecule has 0 bridgehead atoms. The number of nitrogens with zero attached hydrogens (tertiary/aromatic N) is 1. The Labute approximate surface area is 139 Å². The molecule has 0 aliphatic rings. The molecule has 6 heteroatoms. The molecule has 0 radical (unpaired) electrons. The lowest BCUT2D eigenvalue weighted by atomic mass is 10.2. The molecule has 1 aromatic carbocycles. The fourth-order valence-corrected chi connectivity index (χ4v) is 2.93. The van der Waals surface area contributed by atoms with Gasteiger partial charge < -0.3 is 14.2 Å². The summed E-state index contributed by atoms with van der Waals surface area (Å²) >= 11 is 0. The van der Waals surface area contributed by atoms with Crippen molar-refractivity contribution >= 4 is 14.1 Å². The second-order valence-electron chi connectivity index (χ2n) is 6.30. The zero-order valence-electron chi connectivity index (χ0n) is 14.5. The van der Waals surface area contributed by atoms with Crippen LogP contribution in [0.4, 0.5) is 4.79 Å². The standard InChI is InChI=1S/C17H28NO4P/c1-5-21-23(20)13-9-12-18(16(19)22-17(2,3)4)14-15-10-7-6-8-11-15/h6-8,10-11,23H,5,9,12-14H2,1-4H3. The summed E-state index contributed by atoms with van der Waals surface area (Å²) < 4.78 is 22.2. The molecule has 1 aromatic rings. The highest BCUT2D eigenvalue weighted by molar-refractivity contribution is 7.39. The van der Waals surface area contributed by atoms with Gasteiger partial charge in [-0.2, -0.15) is 0 Å². The van der Waals surface area contributed by atoms with Gasteiger partial charge in [0.15, 0.2) is 8.03 Å². The summed E-state index contributed by atoms with van der Waals surface area (Å²) in [5.74, 6) is 0. The topological polar surface area (TPSA) is 55.8 Å². The number of hydrogen-bond acceptors (Lipinski definition) is 4. The molecule has 0 N–H and O–H groups in total. The number of hydrogen-bond donors (Lipinski definition) is 0. The summed E-state index contributed by atoms with van der Waals surface area (Å²) in [4.78, 5) is 14.0. The zero-order valence-corrected chi connectivity index (χ0v) is 15.5. The molecule has 0 fully saturated rings. The smallest absolute Gasteiger partial charge is 0.410 e. The minimum atomic E-state index is -2.00. The molecule has 1 amide bonds. The van der Waals surface area contributed by atoms with E-state index in [1.54, 1.807) is 4.90 Å². The summed E-state index contributed by atoms with van der Waals surface area (Å²) in [6, 6.07) is 9.77. The summed E-state index contributed by atoms with van der Waals surface area (Å²) in [5.41, 5.74) is 0.501. The average Bonchev–Trinajstić information content (AvgIpc) is 2.46. The summed E-state index contributed by atoms with van der Waals surface area (Å²) in [7, 11) is -2.00. The van der Waals surface area contributed by atoms with Crippen molar-refractivity contribution in [3.05, 3.63) is 35.9 Å². The minimum absolute atomic E-state index is 0.350. The number of benzene rings is 1. The lowest BCUT2D eigenvalue weighted by Gasteiger charge is -2.27. The van der Waals surface area contributed by atoms with Crippen molar-refractivity contribution in [1.29, 1.82) is 0 Å². The second kappa shape index (κ2) is 9.74. The zero-order chi connectivity index (χ0) is 17.3. The van der Waals surface area contributed by atoms with Gasteiger partial charge in [-0.05, 0) is 39.7 Å². The molecule has 5 nitrogen and oxygen atoms in total. The van der Waals surface area contributed by atoms with Gasteiger partial charge in [0.2, 0.25) is 0 Å². The van der Waals surface area contributed by atoms with Gasteiger partial charge >= 0.3 is 6.09 Å². The third-order valence-electron chi connectivity index (χ3n) is 2.98. The Morgan fingerprint density at radius 2 is 1.87 bits per heavy atom. The first-order valence-electron chi connectivity index (χ1n) is 7.99. The molecule has 0 aliphatic carbocycles. The Bertz CT molecular complexity index is 499. The fourth-order valence-electron chi connectivity index (χ4n) is 2.01. The van der Waals surface area contributed by atoms with Gasteiger partial charge in [0, 0.05) is 19.3 Å². The predicted molar refractivity (Wildman–Crippen MR) is 93.2 cm³/mol. The fraction of sp³-hybridized carbons (Fsp3) is 0.588. The molecule has 23 heavy (non-hydrogen) atoms. The van der Waals surface area contributed by atoms with Crippen LogP contribution in [0.25, 0.3) is 0 Å². The van der Waals surface area contributed by atoms with Crippen molar-refractivity contribution < 1.29 is 18.6 Å². The normalized spacial score (nSPS) is 12.7. The number of amides is 1. The predicted octanol–water partition coefficient (Wildman–Crippen LogP) is 4.33. The molecule has 1 unspecified atom stereocenters. The quantitative estimate of drug-likeness (QED) is 0.661. The molecular formula is C17H28NO4P. The van der Waals surface area contributed by atoms with Gasteiger partial charge in [0.05, 0.1) is 6.61 Å². The Balaban J connectivity index is 2.64. The van der Waals surface area contributed by atoms with Crippen molar-refractivity contribution in [3.8, 4) is 0 Å². The number of carbonyl (C=O) groups excluding carboxylic acids is 1. The van der Waals surface area contributed by atoms with E-state index >= 15 is 0 Å². The van der Waals surface area contributed by atoms with Crippen LogP contribution in [-0.4, -0.2) is 35.9 Å². The lowest BCUT2D eigenvalue weighted by molar-refractivity contribution is 0.0233. The maximum atomic E-state index is 12.4. The molecule has 0 saturated carbocycles. The largest absolute Gasteiger partial charge is 0.444 e. The summed E-state index contributed by atoms with van der Waals surface area (Å²) in [5, 5.41) is 0. The van der Waals surface area contributed by atoms with Gasteiger partial charge in [0.1, 0.15) is 5.60 Å². The van der Waals surface area contributed by atoms with E-state index in [0.717, 1.165) is 5.56 Å².